The van der Waals surface area contributed by atoms with Gasteiger partial charge in [0, 0.05) is 56.8 Å². The highest BCUT2D eigenvalue weighted by molar-refractivity contribution is 5.92. The van der Waals surface area contributed by atoms with Crippen LogP contribution in [0.2, 0.25) is 0 Å². The predicted molar refractivity (Wildman–Crippen MR) is 179 cm³/mol. The minimum absolute atomic E-state index is 0.145. The van der Waals surface area contributed by atoms with Crippen LogP contribution in [0.5, 0.6) is 6.01 Å². The fourth-order valence-corrected chi connectivity index (χ4v) is 9.40. The molecule has 4 atom stereocenters. The number of nitrogen functional groups attached to an aromatic ring is 1. The molecule has 5 aliphatic heterocycles. The molecule has 49 heavy (non-hydrogen) atoms. The second kappa shape index (κ2) is 11.9. The van der Waals surface area contributed by atoms with Crippen LogP contribution in [-0.4, -0.2) is 97.7 Å². The number of anilines is 2. The number of nitrogens with zero attached hydrogens (tertiary/aromatic N) is 7. The zero-order valence-electron chi connectivity index (χ0n) is 27.9. The first-order valence-electron chi connectivity index (χ1n) is 18.0. The van der Waals surface area contributed by atoms with Crippen molar-refractivity contribution in [3.8, 4) is 6.01 Å². The van der Waals surface area contributed by atoms with E-state index in [9.17, 15) is 14.3 Å². The summed E-state index contributed by atoms with van der Waals surface area (Å²) in [4.78, 5) is 29.6. The monoisotopic (exact) mass is 672 g/mol. The molecule has 260 valence electrons. The SMILES string of the molecule is Nc1ccc2c(c1)C1(CCC2)Cc2nc(OCC34CCCN3CC(F)C4)nc(N3CCCn4nc(C(=O)N5CCC(O)C5)cc4C3)c2CO1. The number of hydrogen-bond acceptors (Lipinski definition) is 10. The number of fused-ring (bicyclic) bond motifs is 5. The Balaban J connectivity index is 1.06. The van der Waals surface area contributed by atoms with Crippen LogP contribution in [0.15, 0.2) is 24.3 Å². The zero-order valence-corrected chi connectivity index (χ0v) is 27.9. The number of aromatic nitrogens is 4. The molecule has 1 amide bonds. The third kappa shape index (κ3) is 5.45. The Morgan fingerprint density at radius 1 is 1.10 bits per heavy atom. The van der Waals surface area contributed by atoms with Gasteiger partial charge in [-0.2, -0.15) is 15.1 Å². The quantitative estimate of drug-likeness (QED) is 0.390. The summed E-state index contributed by atoms with van der Waals surface area (Å²) in [6.07, 6.45) is 5.99. The summed E-state index contributed by atoms with van der Waals surface area (Å²) in [5.41, 5.74) is 11.8. The largest absolute Gasteiger partial charge is 0.461 e. The standard InChI is InChI=1S/C36H45FN8O4/c37-24-16-35(8-2-11-44(35)18-24)22-48-34-39-31-17-36(9-1-4-23-5-6-25(38)14-29(23)36)49-21-28(31)32(40-34)42-10-3-12-45-26(19-42)15-30(41-45)33(47)43-13-7-27(46)20-43/h5-6,14-15,24,27,46H,1-4,7-13,16-22,38H2. The lowest BCUT2D eigenvalue weighted by atomic mass is 9.74. The number of β-amino-alcohol motifs (C(OH)–C–C–N with tert-alkyl or cyclic N) is 1. The van der Waals surface area contributed by atoms with Gasteiger partial charge in [0.2, 0.25) is 0 Å². The summed E-state index contributed by atoms with van der Waals surface area (Å²) in [6.45, 7) is 4.88. The molecular formula is C36H45FN8O4. The number of hydrogen-bond donors (Lipinski definition) is 2. The van der Waals surface area contributed by atoms with Crippen LogP contribution in [0, 0.1) is 0 Å². The molecule has 0 saturated carbocycles. The molecule has 3 fully saturated rings. The summed E-state index contributed by atoms with van der Waals surface area (Å²) < 4.78 is 29.9. The Labute approximate surface area is 285 Å². The number of aliphatic hydroxyl groups is 1. The first-order chi connectivity index (χ1) is 23.8. The minimum Gasteiger partial charge on any atom is -0.461 e. The van der Waals surface area contributed by atoms with E-state index in [0.717, 1.165) is 85.6 Å². The first-order valence-corrected chi connectivity index (χ1v) is 18.0. The molecule has 1 aromatic carbocycles. The number of ether oxygens (including phenoxy) is 2. The van der Waals surface area contributed by atoms with Crippen molar-refractivity contribution >= 4 is 17.4 Å². The fraction of sp³-hybridized carbons (Fsp3) is 0.611. The van der Waals surface area contributed by atoms with Crippen LogP contribution in [0.3, 0.4) is 0 Å². The lowest BCUT2D eigenvalue weighted by Gasteiger charge is -2.43. The van der Waals surface area contributed by atoms with Crippen LogP contribution in [-0.2, 0) is 42.9 Å². The lowest BCUT2D eigenvalue weighted by Crippen LogP contribution is -2.44. The van der Waals surface area contributed by atoms with Crippen molar-refractivity contribution in [3.63, 3.8) is 0 Å². The maximum absolute atomic E-state index is 14.6. The van der Waals surface area contributed by atoms with Crippen molar-refractivity contribution < 1.29 is 23.8 Å². The lowest BCUT2D eigenvalue weighted by molar-refractivity contribution is -0.0855. The van der Waals surface area contributed by atoms with Crippen LogP contribution < -0.4 is 15.4 Å². The van der Waals surface area contributed by atoms with E-state index in [0.29, 0.717) is 76.9 Å². The maximum Gasteiger partial charge on any atom is 0.318 e. The molecular weight excluding hydrogens is 627 g/mol. The number of aliphatic hydroxyl groups excluding tert-OH is 1. The molecule has 9 rings (SSSR count). The molecule has 0 bridgehead atoms. The number of halogens is 1. The van der Waals surface area contributed by atoms with E-state index in [1.165, 1.54) is 5.56 Å². The van der Waals surface area contributed by atoms with Gasteiger partial charge >= 0.3 is 6.01 Å². The molecule has 3 saturated heterocycles. The molecule has 6 aliphatic rings. The first kappa shape index (κ1) is 31.2. The maximum atomic E-state index is 14.6. The molecule has 3 N–H and O–H groups in total. The molecule has 1 aliphatic carbocycles. The number of likely N-dealkylation sites (tertiary alicyclic amines) is 1. The molecule has 2 aromatic heterocycles. The topological polar surface area (TPSA) is 135 Å². The third-order valence-electron chi connectivity index (χ3n) is 11.9. The van der Waals surface area contributed by atoms with E-state index >= 15 is 0 Å². The second-order valence-electron chi connectivity index (χ2n) is 15.1. The van der Waals surface area contributed by atoms with Gasteiger partial charge in [0.05, 0.1) is 41.8 Å². The summed E-state index contributed by atoms with van der Waals surface area (Å²) in [7, 11) is 0. The molecule has 12 nitrogen and oxygen atoms in total. The van der Waals surface area contributed by atoms with Gasteiger partial charge in [-0.05, 0) is 80.8 Å². The highest BCUT2D eigenvalue weighted by Crippen LogP contribution is 2.47. The van der Waals surface area contributed by atoms with Crippen LogP contribution in [0.1, 0.15) is 83.5 Å². The summed E-state index contributed by atoms with van der Waals surface area (Å²) in [5.74, 6) is 0.632. The van der Waals surface area contributed by atoms with Crippen molar-refractivity contribution in [1.82, 2.24) is 29.5 Å². The van der Waals surface area contributed by atoms with Crippen molar-refractivity contribution in [2.45, 2.75) is 101 Å². The van der Waals surface area contributed by atoms with Crippen molar-refractivity contribution in [1.29, 1.82) is 0 Å². The molecule has 7 heterocycles. The Bertz CT molecular complexity index is 1790. The second-order valence-corrected chi connectivity index (χ2v) is 15.1. The third-order valence-corrected chi connectivity index (χ3v) is 11.9. The van der Waals surface area contributed by atoms with E-state index in [1.54, 1.807) is 4.90 Å². The van der Waals surface area contributed by atoms with E-state index < -0.39 is 17.9 Å². The van der Waals surface area contributed by atoms with Gasteiger partial charge in [0.15, 0.2) is 5.69 Å². The Morgan fingerprint density at radius 2 is 2.02 bits per heavy atom. The summed E-state index contributed by atoms with van der Waals surface area (Å²) in [6, 6.07) is 8.36. The number of carbonyl (C=O) groups excluding carboxylic acids is 1. The Kier molecular flexibility index (Phi) is 7.58. The van der Waals surface area contributed by atoms with Gasteiger partial charge in [-0.25, -0.2) is 4.39 Å². The molecule has 1 spiro atoms. The molecule has 0 radical (unpaired) electrons. The molecule has 13 heteroatoms. The average molecular weight is 673 g/mol. The van der Waals surface area contributed by atoms with Crippen molar-refractivity contribution in [2.24, 2.45) is 0 Å². The van der Waals surface area contributed by atoms with Crippen LogP contribution in [0.25, 0.3) is 0 Å². The Hall–Kier alpha value is -3.81. The molecule has 4 unspecified atom stereocenters. The highest BCUT2D eigenvalue weighted by Gasteiger charge is 2.50. The van der Waals surface area contributed by atoms with Gasteiger partial charge in [0.25, 0.3) is 5.91 Å². The fourth-order valence-electron chi connectivity index (χ4n) is 9.40. The highest BCUT2D eigenvalue weighted by atomic mass is 19.1. The van der Waals surface area contributed by atoms with Gasteiger partial charge in [-0.15, -0.1) is 0 Å². The van der Waals surface area contributed by atoms with Gasteiger partial charge < -0.3 is 30.1 Å². The van der Waals surface area contributed by atoms with E-state index in [-0.39, 0.29) is 11.4 Å². The number of benzene rings is 1. The average Bonchev–Trinajstić information content (AvgIpc) is 3.84. The van der Waals surface area contributed by atoms with Crippen LogP contribution in [0.4, 0.5) is 15.9 Å². The zero-order chi connectivity index (χ0) is 33.3. The van der Waals surface area contributed by atoms with Gasteiger partial charge in [-0.3, -0.25) is 14.4 Å². The predicted octanol–water partition coefficient (Wildman–Crippen LogP) is 3.13. The van der Waals surface area contributed by atoms with E-state index in [1.807, 2.05) is 16.8 Å². The summed E-state index contributed by atoms with van der Waals surface area (Å²) >= 11 is 0. The normalized spacial score (nSPS) is 29.4. The van der Waals surface area contributed by atoms with Crippen molar-refractivity contribution in [2.75, 3.05) is 50.0 Å². The number of alkyl halides is 1. The van der Waals surface area contributed by atoms with Crippen LogP contribution >= 0.6 is 0 Å². The van der Waals surface area contributed by atoms with Crippen molar-refractivity contribution in [3.05, 3.63) is 58.0 Å². The number of carbonyl (C=O) groups is 1. The minimum atomic E-state index is -0.839. The molecule has 3 aromatic rings. The Morgan fingerprint density at radius 3 is 2.90 bits per heavy atom. The van der Waals surface area contributed by atoms with E-state index in [4.69, 9.17) is 30.3 Å². The summed E-state index contributed by atoms with van der Waals surface area (Å²) in [5, 5.41) is 14.7. The number of amides is 1. The van der Waals surface area contributed by atoms with E-state index in [2.05, 4.69) is 21.9 Å². The smallest absolute Gasteiger partial charge is 0.318 e. The number of nitrogens with two attached hydrogens (primary N) is 1. The number of aryl methyl sites for hydroxylation is 2. The number of rotatable bonds is 5. The van der Waals surface area contributed by atoms with Gasteiger partial charge in [-0.1, -0.05) is 6.07 Å². The van der Waals surface area contributed by atoms with Gasteiger partial charge in [0.1, 0.15) is 18.6 Å².